The third kappa shape index (κ3) is 2.75. The maximum atomic E-state index is 12.4. The fourth-order valence-electron chi connectivity index (χ4n) is 2.65. The molecule has 1 aliphatic rings. The number of aliphatic hydroxyl groups excluding tert-OH is 1. The number of hydrogen-bond donors (Lipinski definition) is 1. The Bertz CT molecular complexity index is 439. The Morgan fingerprint density at radius 2 is 2.33 bits per heavy atom. The van der Waals surface area contributed by atoms with Gasteiger partial charge in [0.25, 0.3) is 0 Å². The van der Waals surface area contributed by atoms with Gasteiger partial charge in [-0.1, -0.05) is 0 Å². The second kappa shape index (κ2) is 5.02. The molecule has 0 aliphatic carbocycles. The zero-order valence-electron chi connectivity index (χ0n) is 11.3. The van der Waals surface area contributed by atoms with Crippen molar-refractivity contribution in [2.24, 2.45) is 0 Å². The molecule has 100 valence electrons. The lowest BCUT2D eigenvalue weighted by Crippen LogP contribution is -2.54. The smallest absolute Gasteiger partial charge is 0.228 e. The highest BCUT2D eigenvalue weighted by atomic mass is 32.1. The van der Waals surface area contributed by atoms with Crippen molar-refractivity contribution < 1.29 is 9.90 Å². The topological polar surface area (TPSA) is 40.5 Å². The lowest BCUT2D eigenvalue weighted by Gasteiger charge is -2.44. The normalized spacial score (nSPS) is 23.1. The van der Waals surface area contributed by atoms with E-state index in [1.807, 2.05) is 31.1 Å². The first-order chi connectivity index (χ1) is 8.40. The molecule has 0 saturated carbocycles. The van der Waals surface area contributed by atoms with Gasteiger partial charge in [0.1, 0.15) is 0 Å². The molecule has 18 heavy (non-hydrogen) atoms. The average molecular weight is 267 g/mol. The van der Waals surface area contributed by atoms with Gasteiger partial charge in [-0.2, -0.15) is 0 Å². The van der Waals surface area contributed by atoms with Gasteiger partial charge in [-0.05, 0) is 50.6 Å². The molecule has 3 nitrogen and oxygen atoms in total. The lowest BCUT2D eigenvalue weighted by atomic mass is 9.88. The molecule has 0 spiro atoms. The SMILES string of the molecule is Cc1ccsc1CC(=O)N1CCC(O)CC1(C)C. The number of aryl methyl sites for hydroxylation is 1. The van der Waals surface area contributed by atoms with Gasteiger partial charge in [-0.3, -0.25) is 4.79 Å². The van der Waals surface area contributed by atoms with Crippen LogP contribution in [0.3, 0.4) is 0 Å². The number of thiophene rings is 1. The predicted molar refractivity (Wildman–Crippen MR) is 73.8 cm³/mol. The van der Waals surface area contributed by atoms with Gasteiger partial charge in [0, 0.05) is 17.0 Å². The van der Waals surface area contributed by atoms with Gasteiger partial charge in [-0.15, -0.1) is 11.3 Å². The van der Waals surface area contributed by atoms with Gasteiger partial charge in [-0.25, -0.2) is 0 Å². The van der Waals surface area contributed by atoms with Crippen LogP contribution >= 0.6 is 11.3 Å². The van der Waals surface area contributed by atoms with Gasteiger partial charge in [0.05, 0.1) is 12.5 Å². The Kier molecular flexibility index (Phi) is 3.78. The van der Waals surface area contributed by atoms with Gasteiger partial charge < -0.3 is 10.0 Å². The number of likely N-dealkylation sites (tertiary alicyclic amines) is 1. The first kappa shape index (κ1) is 13.6. The van der Waals surface area contributed by atoms with Gasteiger partial charge in [0.2, 0.25) is 5.91 Å². The van der Waals surface area contributed by atoms with E-state index >= 15 is 0 Å². The highest BCUT2D eigenvalue weighted by molar-refractivity contribution is 7.10. The van der Waals surface area contributed by atoms with E-state index < -0.39 is 0 Å². The van der Waals surface area contributed by atoms with Gasteiger partial charge >= 0.3 is 0 Å². The van der Waals surface area contributed by atoms with E-state index in [-0.39, 0.29) is 17.6 Å². The summed E-state index contributed by atoms with van der Waals surface area (Å²) in [5.41, 5.74) is 0.961. The number of carbonyl (C=O) groups excluding carboxylic acids is 1. The lowest BCUT2D eigenvalue weighted by molar-refractivity contribution is -0.140. The molecule has 1 N–H and O–H groups in total. The predicted octanol–water partition coefficient (Wildman–Crippen LogP) is 2.36. The van der Waals surface area contributed by atoms with Crippen LogP contribution in [0.2, 0.25) is 0 Å². The molecule has 0 radical (unpaired) electrons. The van der Waals surface area contributed by atoms with E-state index in [9.17, 15) is 9.90 Å². The number of amides is 1. The van der Waals surface area contributed by atoms with Crippen molar-refractivity contribution in [3.63, 3.8) is 0 Å². The minimum absolute atomic E-state index is 0.178. The molecule has 2 rings (SSSR count). The molecule has 1 aromatic rings. The van der Waals surface area contributed by atoms with Crippen LogP contribution in [0.15, 0.2) is 11.4 Å². The molecular formula is C14H21NO2S. The van der Waals surface area contributed by atoms with Crippen molar-refractivity contribution in [3.8, 4) is 0 Å². The summed E-state index contributed by atoms with van der Waals surface area (Å²) in [5.74, 6) is 0.178. The highest BCUT2D eigenvalue weighted by Crippen LogP contribution is 2.29. The number of aliphatic hydroxyl groups is 1. The van der Waals surface area contributed by atoms with Crippen molar-refractivity contribution in [2.75, 3.05) is 6.54 Å². The zero-order valence-corrected chi connectivity index (χ0v) is 12.1. The first-order valence-electron chi connectivity index (χ1n) is 6.41. The summed E-state index contributed by atoms with van der Waals surface area (Å²) in [6.45, 7) is 6.78. The Labute approximate surface area is 112 Å². The molecule has 0 bridgehead atoms. The maximum Gasteiger partial charge on any atom is 0.228 e. The Balaban J connectivity index is 2.07. The number of hydrogen-bond acceptors (Lipinski definition) is 3. The first-order valence-corrected chi connectivity index (χ1v) is 7.29. The van der Waals surface area contributed by atoms with Crippen LogP contribution in [0.1, 0.15) is 37.1 Å². The number of nitrogens with zero attached hydrogens (tertiary/aromatic N) is 1. The van der Waals surface area contributed by atoms with E-state index in [1.54, 1.807) is 11.3 Å². The van der Waals surface area contributed by atoms with Crippen molar-refractivity contribution in [2.45, 2.75) is 51.7 Å². The van der Waals surface area contributed by atoms with Crippen molar-refractivity contribution in [1.29, 1.82) is 0 Å². The van der Waals surface area contributed by atoms with Crippen LogP contribution in [0.25, 0.3) is 0 Å². The molecule has 1 amide bonds. The van der Waals surface area contributed by atoms with Crippen LogP contribution in [-0.2, 0) is 11.2 Å². The quantitative estimate of drug-likeness (QED) is 0.893. The van der Waals surface area contributed by atoms with E-state index in [4.69, 9.17) is 0 Å². The van der Waals surface area contributed by atoms with E-state index in [0.29, 0.717) is 25.8 Å². The summed E-state index contributed by atoms with van der Waals surface area (Å²) in [6.07, 6.45) is 1.58. The Hall–Kier alpha value is -0.870. The fraction of sp³-hybridized carbons (Fsp3) is 0.643. The molecule has 1 saturated heterocycles. The van der Waals surface area contributed by atoms with Crippen molar-refractivity contribution in [1.82, 2.24) is 4.90 Å². The molecular weight excluding hydrogens is 246 g/mol. The molecule has 1 fully saturated rings. The van der Waals surface area contributed by atoms with E-state index in [2.05, 4.69) is 6.07 Å². The third-order valence-corrected chi connectivity index (χ3v) is 4.76. The fourth-order valence-corrected chi connectivity index (χ4v) is 3.55. The zero-order chi connectivity index (χ0) is 13.3. The largest absolute Gasteiger partial charge is 0.393 e. The second-order valence-corrected chi connectivity index (χ2v) is 6.71. The van der Waals surface area contributed by atoms with Crippen LogP contribution < -0.4 is 0 Å². The monoisotopic (exact) mass is 267 g/mol. The Morgan fingerprint density at radius 1 is 1.61 bits per heavy atom. The molecule has 1 aromatic heterocycles. The maximum absolute atomic E-state index is 12.4. The van der Waals surface area contributed by atoms with Crippen LogP contribution in [0, 0.1) is 6.92 Å². The van der Waals surface area contributed by atoms with Crippen LogP contribution in [0.4, 0.5) is 0 Å². The summed E-state index contributed by atoms with van der Waals surface area (Å²) >= 11 is 1.65. The summed E-state index contributed by atoms with van der Waals surface area (Å²) < 4.78 is 0. The second-order valence-electron chi connectivity index (χ2n) is 5.71. The number of rotatable bonds is 2. The average Bonchev–Trinajstić information content (AvgIpc) is 2.62. The highest BCUT2D eigenvalue weighted by Gasteiger charge is 2.36. The summed E-state index contributed by atoms with van der Waals surface area (Å²) in [5, 5.41) is 11.7. The van der Waals surface area contributed by atoms with E-state index in [1.165, 1.54) is 5.56 Å². The number of piperidine rings is 1. The minimum Gasteiger partial charge on any atom is -0.393 e. The summed E-state index contributed by atoms with van der Waals surface area (Å²) in [4.78, 5) is 15.5. The standard InChI is InChI=1S/C14H21NO2S/c1-10-5-7-18-12(10)8-13(17)15-6-4-11(16)9-14(15,2)3/h5,7,11,16H,4,6,8-9H2,1-3H3. The van der Waals surface area contributed by atoms with Crippen LogP contribution in [0.5, 0.6) is 0 Å². The summed E-state index contributed by atoms with van der Waals surface area (Å²) in [7, 11) is 0. The van der Waals surface area contributed by atoms with Crippen molar-refractivity contribution >= 4 is 17.2 Å². The molecule has 4 heteroatoms. The molecule has 0 aromatic carbocycles. The van der Waals surface area contributed by atoms with Crippen molar-refractivity contribution in [3.05, 3.63) is 21.9 Å². The molecule has 1 atom stereocenters. The van der Waals surface area contributed by atoms with Gasteiger partial charge in [0.15, 0.2) is 0 Å². The molecule has 1 unspecified atom stereocenters. The van der Waals surface area contributed by atoms with Crippen LogP contribution in [-0.4, -0.2) is 34.1 Å². The summed E-state index contributed by atoms with van der Waals surface area (Å²) in [6, 6.07) is 2.05. The minimum atomic E-state index is -0.271. The molecule has 2 heterocycles. The van der Waals surface area contributed by atoms with E-state index in [0.717, 1.165) is 4.88 Å². The number of carbonyl (C=O) groups is 1. The molecule has 1 aliphatic heterocycles. The third-order valence-electron chi connectivity index (χ3n) is 3.73. The Morgan fingerprint density at radius 3 is 2.89 bits per heavy atom.